The number of carbonyl (C=O) groups excluding carboxylic acids is 1. The van der Waals surface area contributed by atoms with E-state index in [0.717, 1.165) is 0 Å². The van der Waals surface area contributed by atoms with E-state index in [4.69, 9.17) is 0 Å². The van der Waals surface area contributed by atoms with Gasteiger partial charge in [0.2, 0.25) is 5.91 Å². The van der Waals surface area contributed by atoms with Crippen molar-refractivity contribution < 1.29 is 22.4 Å². The number of hydrogen-bond acceptors (Lipinski definition) is 1. The van der Waals surface area contributed by atoms with Gasteiger partial charge in [-0.3, -0.25) is 4.79 Å². The molecule has 0 spiro atoms. The normalized spacial score (nSPS) is 13.2. The summed E-state index contributed by atoms with van der Waals surface area (Å²) >= 11 is 0. The lowest BCUT2D eigenvalue weighted by Gasteiger charge is -2.15. The van der Waals surface area contributed by atoms with Gasteiger partial charge in [-0.15, -0.1) is 0 Å². The van der Waals surface area contributed by atoms with Gasteiger partial charge < -0.3 is 5.32 Å². The number of alkyl halides is 3. The fourth-order valence-corrected chi connectivity index (χ4v) is 1.31. The van der Waals surface area contributed by atoms with Gasteiger partial charge in [0, 0.05) is 0 Å². The molecule has 17 heavy (non-hydrogen) atoms. The maximum Gasteiger partial charge on any atom is 0.397 e. The molecule has 1 aromatic rings. The minimum atomic E-state index is -4.52. The van der Waals surface area contributed by atoms with Crippen LogP contribution in [0.5, 0.6) is 0 Å². The van der Waals surface area contributed by atoms with E-state index < -0.39 is 30.4 Å². The molecule has 0 aliphatic rings. The Labute approximate surface area is 95.6 Å². The van der Waals surface area contributed by atoms with E-state index in [1.165, 1.54) is 31.2 Å². The standard InChI is InChI=1S/C11H11F4NO/c1-7(8-2-4-9(12)5-3-8)16-10(17)6-11(13,14)15/h2-5,7H,6H2,1H3,(H,16,17)/t7-/m1/s1. The number of benzene rings is 1. The Hall–Kier alpha value is -1.59. The summed E-state index contributed by atoms with van der Waals surface area (Å²) in [6.07, 6.45) is -6.04. The summed E-state index contributed by atoms with van der Waals surface area (Å²) < 4.78 is 48.3. The van der Waals surface area contributed by atoms with Crippen LogP contribution in [0, 0.1) is 5.82 Å². The van der Waals surface area contributed by atoms with Crippen molar-refractivity contribution in [1.82, 2.24) is 5.32 Å². The number of hydrogen-bond donors (Lipinski definition) is 1. The van der Waals surface area contributed by atoms with Crippen molar-refractivity contribution in [3.8, 4) is 0 Å². The maximum atomic E-state index is 12.6. The predicted octanol–water partition coefficient (Wildman–Crippen LogP) is 2.96. The Kier molecular flexibility index (Phi) is 4.09. The number of amides is 1. The maximum absolute atomic E-state index is 12.6. The van der Waals surface area contributed by atoms with Crippen LogP contribution in [0.4, 0.5) is 17.6 Å². The summed E-state index contributed by atoms with van der Waals surface area (Å²) in [7, 11) is 0. The van der Waals surface area contributed by atoms with Crippen molar-refractivity contribution in [2.24, 2.45) is 0 Å². The Bertz CT molecular complexity index is 385. The zero-order chi connectivity index (χ0) is 13.1. The summed E-state index contributed by atoms with van der Waals surface area (Å²) in [4.78, 5) is 11.0. The number of nitrogens with one attached hydrogen (secondary N) is 1. The van der Waals surface area contributed by atoms with Gasteiger partial charge >= 0.3 is 6.18 Å². The molecular formula is C11H11F4NO. The minimum Gasteiger partial charge on any atom is -0.349 e. The van der Waals surface area contributed by atoms with E-state index in [-0.39, 0.29) is 0 Å². The van der Waals surface area contributed by atoms with E-state index in [9.17, 15) is 22.4 Å². The minimum absolute atomic E-state index is 0.442. The van der Waals surface area contributed by atoms with Crippen molar-refractivity contribution in [3.05, 3.63) is 35.6 Å². The van der Waals surface area contributed by atoms with Gasteiger partial charge in [0.05, 0.1) is 6.04 Å². The van der Waals surface area contributed by atoms with Crippen molar-refractivity contribution in [2.45, 2.75) is 25.6 Å². The molecule has 0 heterocycles. The zero-order valence-corrected chi connectivity index (χ0v) is 9.01. The average molecular weight is 249 g/mol. The lowest BCUT2D eigenvalue weighted by Crippen LogP contribution is -2.30. The molecule has 1 atom stereocenters. The summed E-state index contributed by atoms with van der Waals surface area (Å²) in [6.45, 7) is 1.53. The molecular weight excluding hydrogens is 238 g/mol. The van der Waals surface area contributed by atoms with Gasteiger partial charge in [-0.2, -0.15) is 13.2 Å². The van der Waals surface area contributed by atoms with E-state index in [1.807, 2.05) is 0 Å². The molecule has 0 aromatic heterocycles. The van der Waals surface area contributed by atoms with E-state index in [2.05, 4.69) is 5.32 Å². The summed E-state index contributed by atoms with van der Waals surface area (Å²) in [6, 6.07) is 4.59. The summed E-state index contributed by atoms with van der Waals surface area (Å²) in [5, 5.41) is 2.19. The molecule has 0 saturated carbocycles. The highest BCUT2D eigenvalue weighted by Gasteiger charge is 2.31. The molecule has 0 saturated heterocycles. The van der Waals surface area contributed by atoms with Crippen LogP contribution in [-0.2, 0) is 4.79 Å². The first kappa shape index (κ1) is 13.5. The second-order valence-corrected chi connectivity index (χ2v) is 3.63. The molecule has 0 radical (unpaired) electrons. The molecule has 0 aliphatic carbocycles. The second-order valence-electron chi connectivity index (χ2n) is 3.63. The van der Waals surface area contributed by atoms with Crippen LogP contribution in [-0.4, -0.2) is 12.1 Å². The van der Waals surface area contributed by atoms with Crippen LogP contribution >= 0.6 is 0 Å². The molecule has 0 bridgehead atoms. The highest BCUT2D eigenvalue weighted by molar-refractivity contribution is 5.77. The number of halogens is 4. The Morgan fingerprint density at radius 3 is 2.29 bits per heavy atom. The summed E-state index contributed by atoms with van der Waals surface area (Å²) in [5.74, 6) is -1.54. The third kappa shape index (κ3) is 4.84. The molecule has 0 aliphatic heterocycles. The highest BCUT2D eigenvalue weighted by atomic mass is 19.4. The third-order valence-corrected chi connectivity index (χ3v) is 2.11. The van der Waals surface area contributed by atoms with E-state index in [0.29, 0.717) is 5.56 Å². The Balaban J connectivity index is 2.57. The molecule has 1 aromatic carbocycles. The van der Waals surface area contributed by atoms with Gasteiger partial charge in [-0.1, -0.05) is 12.1 Å². The Morgan fingerprint density at radius 1 is 1.29 bits per heavy atom. The van der Waals surface area contributed by atoms with Crippen molar-refractivity contribution in [3.63, 3.8) is 0 Å². The monoisotopic (exact) mass is 249 g/mol. The average Bonchev–Trinajstić information content (AvgIpc) is 2.15. The van der Waals surface area contributed by atoms with Gasteiger partial charge in [0.1, 0.15) is 12.2 Å². The molecule has 94 valence electrons. The van der Waals surface area contributed by atoms with Gasteiger partial charge in [-0.05, 0) is 24.6 Å². The van der Waals surface area contributed by atoms with E-state index in [1.54, 1.807) is 0 Å². The van der Waals surface area contributed by atoms with Crippen molar-refractivity contribution in [1.29, 1.82) is 0 Å². The fourth-order valence-electron chi connectivity index (χ4n) is 1.31. The molecule has 1 N–H and O–H groups in total. The lowest BCUT2D eigenvalue weighted by atomic mass is 10.1. The van der Waals surface area contributed by atoms with Crippen LogP contribution < -0.4 is 5.32 Å². The van der Waals surface area contributed by atoms with E-state index >= 15 is 0 Å². The van der Waals surface area contributed by atoms with Crippen LogP contribution in [0.3, 0.4) is 0 Å². The third-order valence-electron chi connectivity index (χ3n) is 2.11. The largest absolute Gasteiger partial charge is 0.397 e. The predicted molar refractivity (Wildman–Crippen MR) is 53.6 cm³/mol. The van der Waals surface area contributed by atoms with Gasteiger partial charge in [0.25, 0.3) is 0 Å². The SMILES string of the molecule is C[C@@H](NC(=O)CC(F)(F)F)c1ccc(F)cc1. The zero-order valence-electron chi connectivity index (χ0n) is 9.01. The molecule has 1 rings (SSSR count). The first-order valence-electron chi connectivity index (χ1n) is 4.89. The fraction of sp³-hybridized carbons (Fsp3) is 0.364. The van der Waals surface area contributed by atoms with Crippen LogP contribution in [0.2, 0.25) is 0 Å². The molecule has 0 fully saturated rings. The molecule has 2 nitrogen and oxygen atoms in total. The second kappa shape index (κ2) is 5.16. The quantitative estimate of drug-likeness (QED) is 0.820. The Morgan fingerprint density at radius 2 is 1.82 bits per heavy atom. The van der Waals surface area contributed by atoms with Crippen LogP contribution in [0.15, 0.2) is 24.3 Å². The van der Waals surface area contributed by atoms with Crippen molar-refractivity contribution >= 4 is 5.91 Å². The number of rotatable bonds is 3. The number of carbonyl (C=O) groups is 1. The topological polar surface area (TPSA) is 29.1 Å². The molecule has 0 unspecified atom stereocenters. The molecule has 6 heteroatoms. The smallest absolute Gasteiger partial charge is 0.349 e. The first-order valence-corrected chi connectivity index (χ1v) is 4.89. The molecule has 1 amide bonds. The lowest BCUT2D eigenvalue weighted by molar-refractivity contribution is -0.154. The van der Waals surface area contributed by atoms with Gasteiger partial charge in [-0.25, -0.2) is 4.39 Å². The van der Waals surface area contributed by atoms with Crippen molar-refractivity contribution in [2.75, 3.05) is 0 Å². The van der Waals surface area contributed by atoms with Crippen LogP contribution in [0.1, 0.15) is 24.9 Å². The van der Waals surface area contributed by atoms with Crippen LogP contribution in [0.25, 0.3) is 0 Å². The first-order chi connectivity index (χ1) is 7.78. The highest BCUT2D eigenvalue weighted by Crippen LogP contribution is 2.20. The summed E-state index contributed by atoms with van der Waals surface area (Å²) in [5.41, 5.74) is 0.543. The van der Waals surface area contributed by atoms with Gasteiger partial charge in [0.15, 0.2) is 0 Å².